The van der Waals surface area contributed by atoms with Gasteiger partial charge in [-0.05, 0) is 30.2 Å². The Morgan fingerprint density at radius 1 is 1.30 bits per heavy atom. The lowest BCUT2D eigenvalue weighted by Crippen LogP contribution is -2.26. The molecule has 11 heteroatoms. The van der Waals surface area contributed by atoms with Crippen LogP contribution in [0.2, 0.25) is 0 Å². The molecule has 30 heavy (non-hydrogen) atoms. The molecule has 4 rings (SSSR count). The van der Waals surface area contributed by atoms with Crippen molar-refractivity contribution in [3.8, 4) is 0 Å². The van der Waals surface area contributed by atoms with E-state index in [4.69, 9.17) is 4.74 Å². The van der Waals surface area contributed by atoms with Gasteiger partial charge >= 0.3 is 6.09 Å². The van der Waals surface area contributed by atoms with Gasteiger partial charge in [-0.1, -0.05) is 17.9 Å². The Morgan fingerprint density at radius 2 is 2.03 bits per heavy atom. The maximum Gasteiger partial charge on any atom is 0.414 e. The molecule has 0 bridgehead atoms. The SMILES string of the molecule is C=Cc1cn(C[C@H]2CN(c3cc(F)c(C4=CCS(=O)(=O)CC4)c(F)c3)C(=O)O2)nn1. The Labute approximate surface area is 171 Å². The van der Waals surface area contributed by atoms with E-state index in [0.29, 0.717) is 11.3 Å². The van der Waals surface area contributed by atoms with Crippen LogP contribution in [0.5, 0.6) is 0 Å². The van der Waals surface area contributed by atoms with Crippen LogP contribution in [0, 0.1) is 11.6 Å². The van der Waals surface area contributed by atoms with Gasteiger partial charge in [-0.2, -0.15) is 0 Å². The van der Waals surface area contributed by atoms with Gasteiger partial charge in [0.15, 0.2) is 9.84 Å². The first-order valence-corrected chi connectivity index (χ1v) is 11.0. The summed E-state index contributed by atoms with van der Waals surface area (Å²) < 4.78 is 59.3. The predicted octanol–water partition coefficient (Wildman–Crippen LogP) is 2.43. The van der Waals surface area contributed by atoms with Crippen molar-refractivity contribution in [2.45, 2.75) is 19.1 Å². The zero-order valence-electron chi connectivity index (χ0n) is 15.8. The molecule has 1 saturated heterocycles. The molecule has 8 nitrogen and oxygen atoms in total. The normalized spacial score (nSPS) is 20.7. The number of nitrogens with zero attached hydrogens (tertiary/aromatic N) is 4. The van der Waals surface area contributed by atoms with Crippen LogP contribution in [0.4, 0.5) is 19.3 Å². The van der Waals surface area contributed by atoms with Crippen LogP contribution in [0.15, 0.2) is 31.0 Å². The molecule has 1 atom stereocenters. The lowest BCUT2D eigenvalue weighted by molar-refractivity contribution is 0.129. The van der Waals surface area contributed by atoms with Crippen molar-refractivity contribution >= 4 is 33.3 Å². The van der Waals surface area contributed by atoms with Gasteiger partial charge in [0.2, 0.25) is 0 Å². The minimum Gasteiger partial charge on any atom is -0.442 e. The molecule has 0 radical (unpaired) electrons. The average molecular weight is 436 g/mol. The topological polar surface area (TPSA) is 94.4 Å². The Hall–Kier alpha value is -3.08. The summed E-state index contributed by atoms with van der Waals surface area (Å²) in [5.41, 5.74) is 0.631. The van der Waals surface area contributed by atoms with E-state index in [-0.39, 0.29) is 42.3 Å². The van der Waals surface area contributed by atoms with E-state index >= 15 is 0 Å². The van der Waals surface area contributed by atoms with Gasteiger partial charge in [0.1, 0.15) is 23.4 Å². The number of carbonyl (C=O) groups excluding carboxylic acids is 1. The van der Waals surface area contributed by atoms with Gasteiger partial charge in [-0.25, -0.2) is 26.7 Å². The first-order chi connectivity index (χ1) is 14.3. The number of rotatable bonds is 5. The smallest absolute Gasteiger partial charge is 0.414 e. The molecule has 2 aliphatic heterocycles. The van der Waals surface area contributed by atoms with Crippen molar-refractivity contribution < 1.29 is 26.7 Å². The summed E-state index contributed by atoms with van der Waals surface area (Å²) in [4.78, 5) is 13.4. The number of benzene rings is 1. The van der Waals surface area contributed by atoms with Gasteiger partial charge in [-0.3, -0.25) is 4.90 Å². The van der Waals surface area contributed by atoms with Crippen LogP contribution in [0.1, 0.15) is 17.7 Å². The number of halogens is 2. The number of hydrogen-bond donors (Lipinski definition) is 0. The molecule has 1 aromatic heterocycles. The largest absolute Gasteiger partial charge is 0.442 e. The monoisotopic (exact) mass is 436 g/mol. The second-order valence-electron chi connectivity index (χ2n) is 7.06. The van der Waals surface area contributed by atoms with Crippen molar-refractivity contribution in [2.24, 2.45) is 0 Å². The summed E-state index contributed by atoms with van der Waals surface area (Å²) in [5, 5.41) is 7.75. The Morgan fingerprint density at radius 3 is 2.63 bits per heavy atom. The van der Waals surface area contributed by atoms with E-state index < -0.39 is 33.7 Å². The number of amides is 1. The predicted molar refractivity (Wildman–Crippen MR) is 105 cm³/mol. The van der Waals surface area contributed by atoms with E-state index in [2.05, 4.69) is 16.9 Å². The van der Waals surface area contributed by atoms with Gasteiger partial charge < -0.3 is 4.74 Å². The van der Waals surface area contributed by atoms with Crippen LogP contribution in [0.25, 0.3) is 11.6 Å². The molecule has 0 N–H and O–H groups in total. The highest BCUT2D eigenvalue weighted by Gasteiger charge is 2.34. The third-order valence-corrected chi connectivity index (χ3v) is 6.46. The fourth-order valence-electron chi connectivity index (χ4n) is 3.46. The molecule has 1 amide bonds. The number of aromatic nitrogens is 3. The molecule has 2 aliphatic rings. The maximum atomic E-state index is 14.7. The van der Waals surface area contributed by atoms with Crippen LogP contribution >= 0.6 is 0 Å². The lowest BCUT2D eigenvalue weighted by atomic mass is 10.0. The molecule has 1 aromatic carbocycles. The zero-order chi connectivity index (χ0) is 21.5. The van der Waals surface area contributed by atoms with E-state index in [9.17, 15) is 22.0 Å². The van der Waals surface area contributed by atoms with Crippen molar-refractivity contribution in [1.29, 1.82) is 0 Å². The van der Waals surface area contributed by atoms with Crippen LogP contribution in [-0.4, -0.2) is 53.7 Å². The van der Waals surface area contributed by atoms with Gasteiger partial charge in [0.25, 0.3) is 0 Å². The number of sulfone groups is 1. The Balaban J connectivity index is 1.53. The molecule has 1 fully saturated rings. The van der Waals surface area contributed by atoms with Crippen LogP contribution < -0.4 is 4.90 Å². The van der Waals surface area contributed by atoms with E-state index in [1.54, 1.807) is 6.20 Å². The van der Waals surface area contributed by atoms with Crippen molar-refractivity contribution in [1.82, 2.24) is 15.0 Å². The summed E-state index contributed by atoms with van der Waals surface area (Å²) >= 11 is 0. The lowest BCUT2D eigenvalue weighted by Gasteiger charge is -2.18. The number of anilines is 1. The number of cyclic esters (lactones) is 1. The summed E-state index contributed by atoms with van der Waals surface area (Å²) in [6, 6.07) is 2.11. The molecule has 0 unspecified atom stereocenters. The van der Waals surface area contributed by atoms with E-state index in [1.807, 2.05) is 0 Å². The van der Waals surface area contributed by atoms with Crippen LogP contribution in [-0.2, 0) is 21.1 Å². The molecule has 0 spiro atoms. The quantitative estimate of drug-likeness (QED) is 0.715. The van der Waals surface area contributed by atoms with Crippen molar-refractivity contribution in [3.05, 3.63) is 53.9 Å². The zero-order valence-corrected chi connectivity index (χ0v) is 16.6. The molecular weight excluding hydrogens is 418 g/mol. The van der Waals surface area contributed by atoms with Gasteiger partial charge in [-0.15, -0.1) is 5.10 Å². The van der Waals surface area contributed by atoms with Gasteiger partial charge in [0.05, 0.1) is 36.5 Å². The first-order valence-electron chi connectivity index (χ1n) is 9.15. The van der Waals surface area contributed by atoms with E-state index in [0.717, 1.165) is 17.0 Å². The highest BCUT2D eigenvalue weighted by atomic mass is 32.2. The molecule has 0 saturated carbocycles. The minimum atomic E-state index is -3.22. The molecule has 2 aromatic rings. The van der Waals surface area contributed by atoms with Gasteiger partial charge in [0, 0.05) is 5.56 Å². The standard InChI is InChI=1S/C19H18F2N4O4S/c1-2-13-9-24(23-22-13)10-15-11-25(19(26)29-15)14-7-16(20)18(17(21)8-14)12-3-5-30(27,28)6-4-12/h2-3,7-9,15H,1,4-6,10-11H2/t15-/m0/s1. The number of carbonyl (C=O) groups is 1. The van der Waals surface area contributed by atoms with Crippen LogP contribution in [0.3, 0.4) is 0 Å². The Kier molecular flexibility index (Phi) is 5.14. The number of ether oxygens (including phenoxy) is 1. The van der Waals surface area contributed by atoms with Crippen molar-refractivity contribution in [3.63, 3.8) is 0 Å². The van der Waals surface area contributed by atoms with E-state index in [1.165, 1.54) is 16.8 Å². The average Bonchev–Trinajstić information content (AvgIpc) is 3.28. The third kappa shape index (κ3) is 3.97. The molecular formula is C19H18F2N4O4S. The Bertz CT molecular complexity index is 1140. The highest BCUT2D eigenvalue weighted by molar-refractivity contribution is 7.91. The third-order valence-electron chi connectivity index (χ3n) is 4.96. The molecule has 0 aliphatic carbocycles. The highest BCUT2D eigenvalue weighted by Crippen LogP contribution is 2.32. The molecule has 158 valence electrons. The van der Waals surface area contributed by atoms with Crippen molar-refractivity contribution in [2.75, 3.05) is 23.0 Å². The second-order valence-corrected chi connectivity index (χ2v) is 9.29. The summed E-state index contributed by atoms with van der Waals surface area (Å²) in [7, 11) is -3.22. The number of hydrogen-bond acceptors (Lipinski definition) is 6. The summed E-state index contributed by atoms with van der Waals surface area (Å²) in [6.07, 6.45) is 3.23. The second kappa shape index (κ2) is 7.63. The summed E-state index contributed by atoms with van der Waals surface area (Å²) in [5.74, 6) is -2.13. The first kappa shape index (κ1) is 20.2. The number of allylic oxidation sites excluding steroid dienone is 1. The fourth-order valence-corrected chi connectivity index (χ4v) is 4.61. The fraction of sp³-hybridized carbons (Fsp3) is 0.316. The summed E-state index contributed by atoms with van der Waals surface area (Å²) in [6.45, 7) is 3.90. The molecule has 3 heterocycles. The maximum absolute atomic E-state index is 14.7. The minimum absolute atomic E-state index is 0.0238.